The SMILES string of the molecule is COCCC(=O)N1CCN(C)[C@H](c2ccc(OC)cc2)C1. The van der Waals surface area contributed by atoms with E-state index >= 15 is 0 Å². The summed E-state index contributed by atoms with van der Waals surface area (Å²) in [6, 6.07) is 8.31. The molecule has 1 heterocycles. The normalized spacial score (nSPS) is 19.6. The molecule has 1 aromatic carbocycles. The van der Waals surface area contributed by atoms with Gasteiger partial charge in [-0.15, -0.1) is 0 Å². The van der Waals surface area contributed by atoms with Crippen LogP contribution >= 0.6 is 0 Å². The molecule has 2 rings (SSSR count). The van der Waals surface area contributed by atoms with Crippen LogP contribution in [0.3, 0.4) is 0 Å². The van der Waals surface area contributed by atoms with Crippen molar-refractivity contribution < 1.29 is 14.3 Å². The fraction of sp³-hybridized carbons (Fsp3) is 0.562. The van der Waals surface area contributed by atoms with Gasteiger partial charge < -0.3 is 14.4 Å². The first-order valence-corrected chi connectivity index (χ1v) is 7.26. The molecule has 0 saturated carbocycles. The van der Waals surface area contributed by atoms with E-state index in [4.69, 9.17) is 9.47 Å². The molecule has 0 N–H and O–H groups in total. The predicted molar refractivity (Wildman–Crippen MR) is 81.4 cm³/mol. The van der Waals surface area contributed by atoms with E-state index in [0.717, 1.165) is 25.4 Å². The van der Waals surface area contributed by atoms with Crippen LogP contribution in [0.4, 0.5) is 0 Å². The third kappa shape index (κ3) is 3.95. The number of carbonyl (C=O) groups is 1. The van der Waals surface area contributed by atoms with Crippen molar-refractivity contribution in [2.24, 2.45) is 0 Å². The molecule has 116 valence electrons. The molecular formula is C16H24N2O3. The summed E-state index contributed by atoms with van der Waals surface area (Å²) in [7, 11) is 5.39. The molecule has 1 saturated heterocycles. The molecule has 1 aliphatic heterocycles. The minimum absolute atomic E-state index is 0.170. The van der Waals surface area contributed by atoms with Crippen molar-refractivity contribution in [3.8, 4) is 5.75 Å². The minimum Gasteiger partial charge on any atom is -0.497 e. The largest absolute Gasteiger partial charge is 0.497 e. The molecule has 0 aliphatic carbocycles. The molecule has 0 spiro atoms. The lowest BCUT2D eigenvalue weighted by molar-refractivity contribution is -0.134. The van der Waals surface area contributed by atoms with E-state index in [-0.39, 0.29) is 11.9 Å². The quantitative estimate of drug-likeness (QED) is 0.826. The van der Waals surface area contributed by atoms with Crippen LogP contribution in [0, 0.1) is 0 Å². The topological polar surface area (TPSA) is 42.0 Å². The highest BCUT2D eigenvalue weighted by Crippen LogP contribution is 2.26. The van der Waals surface area contributed by atoms with Crippen molar-refractivity contribution in [3.05, 3.63) is 29.8 Å². The fourth-order valence-electron chi connectivity index (χ4n) is 2.63. The molecule has 0 bridgehead atoms. The van der Waals surface area contributed by atoms with Gasteiger partial charge in [-0.1, -0.05) is 12.1 Å². The van der Waals surface area contributed by atoms with Gasteiger partial charge in [-0.3, -0.25) is 9.69 Å². The summed E-state index contributed by atoms with van der Waals surface area (Å²) < 4.78 is 10.2. The summed E-state index contributed by atoms with van der Waals surface area (Å²) in [5.74, 6) is 1.02. The van der Waals surface area contributed by atoms with Crippen LogP contribution in [0.5, 0.6) is 5.75 Å². The molecule has 0 radical (unpaired) electrons. The molecule has 5 heteroatoms. The molecular weight excluding hydrogens is 268 g/mol. The smallest absolute Gasteiger partial charge is 0.224 e. The Morgan fingerprint density at radius 1 is 1.24 bits per heavy atom. The Hall–Kier alpha value is -1.59. The fourth-order valence-corrected chi connectivity index (χ4v) is 2.63. The number of ether oxygens (including phenoxy) is 2. The number of likely N-dealkylation sites (N-methyl/N-ethyl adjacent to an activating group) is 1. The van der Waals surface area contributed by atoms with Gasteiger partial charge in [-0.05, 0) is 24.7 Å². The number of methoxy groups -OCH3 is 2. The second-order valence-corrected chi connectivity index (χ2v) is 5.35. The van der Waals surface area contributed by atoms with Gasteiger partial charge in [0.25, 0.3) is 0 Å². The maximum atomic E-state index is 12.1. The number of rotatable bonds is 5. The third-order valence-corrected chi connectivity index (χ3v) is 4.02. The molecule has 1 atom stereocenters. The average Bonchev–Trinajstić information content (AvgIpc) is 2.53. The first-order valence-electron chi connectivity index (χ1n) is 7.26. The van der Waals surface area contributed by atoms with Crippen molar-refractivity contribution in [2.45, 2.75) is 12.5 Å². The first-order chi connectivity index (χ1) is 10.2. The average molecular weight is 292 g/mol. The summed E-state index contributed by atoms with van der Waals surface area (Å²) in [5, 5.41) is 0. The van der Waals surface area contributed by atoms with Crippen LogP contribution < -0.4 is 4.74 Å². The summed E-state index contributed by atoms with van der Waals surface area (Å²) in [5.41, 5.74) is 1.21. The van der Waals surface area contributed by atoms with Gasteiger partial charge in [0.05, 0.1) is 26.2 Å². The lowest BCUT2D eigenvalue weighted by Gasteiger charge is -2.39. The van der Waals surface area contributed by atoms with E-state index < -0.39 is 0 Å². The third-order valence-electron chi connectivity index (χ3n) is 4.02. The number of benzene rings is 1. The lowest BCUT2D eigenvalue weighted by atomic mass is 10.0. The Labute approximate surface area is 126 Å². The van der Waals surface area contributed by atoms with E-state index in [1.54, 1.807) is 14.2 Å². The molecule has 1 aromatic rings. The highest BCUT2D eigenvalue weighted by atomic mass is 16.5. The Morgan fingerprint density at radius 3 is 2.57 bits per heavy atom. The molecule has 1 aliphatic rings. The van der Waals surface area contributed by atoms with Gasteiger partial charge in [-0.25, -0.2) is 0 Å². The molecule has 5 nitrogen and oxygen atoms in total. The second-order valence-electron chi connectivity index (χ2n) is 5.35. The molecule has 1 fully saturated rings. The van der Waals surface area contributed by atoms with Crippen LogP contribution in [0.25, 0.3) is 0 Å². The Kier molecular flexibility index (Phi) is 5.59. The minimum atomic E-state index is 0.170. The van der Waals surface area contributed by atoms with Gasteiger partial charge in [0.15, 0.2) is 0 Å². The number of nitrogens with zero attached hydrogens (tertiary/aromatic N) is 2. The predicted octanol–water partition coefficient (Wildman–Crippen LogP) is 1.55. The number of amides is 1. The summed E-state index contributed by atoms with van der Waals surface area (Å²) in [6.45, 7) is 2.88. The van der Waals surface area contributed by atoms with Crippen LogP contribution in [-0.4, -0.2) is 63.2 Å². The Morgan fingerprint density at radius 2 is 1.95 bits per heavy atom. The molecule has 0 unspecified atom stereocenters. The van der Waals surface area contributed by atoms with Crippen LogP contribution in [-0.2, 0) is 9.53 Å². The van der Waals surface area contributed by atoms with E-state index in [9.17, 15) is 4.79 Å². The monoisotopic (exact) mass is 292 g/mol. The zero-order chi connectivity index (χ0) is 15.2. The van der Waals surface area contributed by atoms with Crippen molar-refractivity contribution in [1.82, 2.24) is 9.80 Å². The van der Waals surface area contributed by atoms with Crippen LogP contribution in [0.15, 0.2) is 24.3 Å². The summed E-state index contributed by atoms with van der Waals surface area (Å²) in [4.78, 5) is 16.4. The van der Waals surface area contributed by atoms with Crippen molar-refractivity contribution >= 4 is 5.91 Å². The maximum Gasteiger partial charge on any atom is 0.224 e. The zero-order valence-electron chi connectivity index (χ0n) is 13.0. The van der Waals surface area contributed by atoms with Crippen molar-refractivity contribution in [2.75, 3.05) is 47.5 Å². The zero-order valence-corrected chi connectivity index (χ0v) is 13.0. The Balaban J connectivity index is 2.04. The van der Waals surface area contributed by atoms with E-state index in [0.29, 0.717) is 13.0 Å². The van der Waals surface area contributed by atoms with Crippen molar-refractivity contribution in [3.63, 3.8) is 0 Å². The second kappa shape index (κ2) is 7.43. The molecule has 1 amide bonds. The summed E-state index contributed by atoms with van der Waals surface area (Å²) >= 11 is 0. The van der Waals surface area contributed by atoms with Gasteiger partial charge >= 0.3 is 0 Å². The van der Waals surface area contributed by atoms with Gasteiger partial charge in [0.2, 0.25) is 5.91 Å². The standard InChI is InChI=1S/C16H24N2O3/c1-17-9-10-18(16(19)8-11-20-2)12-15(17)13-4-6-14(21-3)7-5-13/h4-7,15H,8-12H2,1-3H3/t15-/m0/s1. The Bertz CT molecular complexity index is 461. The van der Waals surface area contributed by atoms with Gasteiger partial charge in [-0.2, -0.15) is 0 Å². The van der Waals surface area contributed by atoms with Crippen molar-refractivity contribution in [1.29, 1.82) is 0 Å². The van der Waals surface area contributed by atoms with Crippen LogP contribution in [0.2, 0.25) is 0 Å². The van der Waals surface area contributed by atoms with E-state index in [2.05, 4.69) is 24.1 Å². The van der Waals surface area contributed by atoms with E-state index in [1.165, 1.54) is 5.56 Å². The lowest BCUT2D eigenvalue weighted by Crippen LogP contribution is -2.49. The maximum absolute atomic E-state index is 12.1. The molecule has 21 heavy (non-hydrogen) atoms. The van der Waals surface area contributed by atoms with E-state index in [1.807, 2.05) is 17.0 Å². The number of hydrogen-bond acceptors (Lipinski definition) is 4. The van der Waals surface area contributed by atoms with Gasteiger partial charge in [0, 0.05) is 26.7 Å². The first kappa shape index (κ1) is 15.8. The highest BCUT2D eigenvalue weighted by molar-refractivity contribution is 5.76. The van der Waals surface area contributed by atoms with Crippen LogP contribution in [0.1, 0.15) is 18.0 Å². The molecule has 0 aromatic heterocycles. The number of carbonyl (C=O) groups excluding carboxylic acids is 1. The number of hydrogen-bond donors (Lipinski definition) is 0. The summed E-state index contributed by atoms with van der Waals surface area (Å²) in [6.07, 6.45) is 0.454. The highest BCUT2D eigenvalue weighted by Gasteiger charge is 2.28. The van der Waals surface area contributed by atoms with Gasteiger partial charge in [0.1, 0.15) is 5.75 Å². The number of piperazine rings is 1.